The smallest absolute Gasteiger partial charge is 0.0205 e. The summed E-state index contributed by atoms with van der Waals surface area (Å²) in [6, 6.07) is 8.44. The van der Waals surface area contributed by atoms with E-state index in [1.165, 1.54) is 18.4 Å². The van der Waals surface area contributed by atoms with Crippen LogP contribution in [0.3, 0.4) is 0 Å². The molecule has 0 aliphatic carbocycles. The van der Waals surface area contributed by atoms with Crippen molar-refractivity contribution in [2.75, 3.05) is 6.54 Å². The van der Waals surface area contributed by atoms with E-state index in [0.29, 0.717) is 0 Å². The molecule has 2 heteroatoms. The molecular weight excluding hydrogens is 226 g/mol. The molecule has 0 radical (unpaired) electrons. The van der Waals surface area contributed by atoms with Gasteiger partial charge in [0, 0.05) is 11.0 Å². The predicted molar refractivity (Wildman–Crippen MR) is 60.8 cm³/mol. The van der Waals surface area contributed by atoms with Gasteiger partial charge in [-0.1, -0.05) is 41.4 Å². The maximum atomic E-state index is 3.42. The van der Waals surface area contributed by atoms with Crippen molar-refractivity contribution in [2.45, 2.75) is 26.3 Å². The number of unbranched alkanes of at least 4 members (excludes halogenated alkanes) is 1. The molecule has 0 aromatic heterocycles. The van der Waals surface area contributed by atoms with Crippen LogP contribution in [-0.2, 0) is 6.54 Å². The van der Waals surface area contributed by atoms with Crippen LogP contribution < -0.4 is 5.32 Å². The Bertz CT molecular complexity index is 230. The second-order valence-electron chi connectivity index (χ2n) is 3.16. The van der Waals surface area contributed by atoms with Gasteiger partial charge in [-0.25, -0.2) is 0 Å². The molecule has 0 saturated heterocycles. The first kappa shape index (κ1) is 10.7. The molecule has 0 unspecified atom stereocenters. The second-order valence-corrected chi connectivity index (χ2v) is 4.07. The molecule has 0 heterocycles. The molecule has 0 atom stereocenters. The third-order valence-electron chi connectivity index (χ3n) is 1.95. The number of hydrogen-bond donors (Lipinski definition) is 1. The summed E-state index contributed by atoms with van der Waals surface area (Å²) >= 11 is 3.42. The van der Waals surface area contributed by atoms with Gasteiger partial charge >= 0.3 is 0 Å². The minimum atomic E-state index is 0.979. The zero-order chi connectivity index (χ0) is 9.52. The first-order valence-corrected chi connectivity index (χ1v) is 5.57. The van der Waals surface area contributed by atoms with Crippen molar-refractivity contribution in [3.8, 4) is 0 Å². The van der Waals surface area contributed by atoms with Gasteiger partial charge in [0.2, 0.25) is 0 Å². The second kappa shape index (κ2) is 6.17. The minimum absolute atomic E-state index is 0.979. The Morgan fingerprint density at radius 2 is 1.92 bits per heavy atom. The van der Waals surface area contributed by atoms with Crippen LogP contribution in [0.5, 0.6) is 0 Å². The summed E-state index contributed by atoms with van der Waals surface area (Å²) < 4.78 is 1.14. The normalized spacial score (nSPS) is 10.3. The number of benzene rings is 1. The maximum absolute atomic E-state index is 3.42. The van der Waals surface area contributed by atoms with Gasteiger partial charge in [0.05, 0.1) is 0 Å². The lowest BCUT2D eigenvalue weighted by Crippen LogP contribution is -2.14. The lowest BCUT2D eigenvalue weighted by Gasteiger charge is -2.03. The van der Waals surface area contributed by atoms with E-state index >= 15 is 0 Å². The lowest BCUT2D eigenvalue weighted by atomic mass is 10.2. The summed E-state index contributed by atoms with van der Waals surface area (Å²) in [4.78, 5) is 0. The minimum Gasteiger partial charge on any atom is -0.313 e. The first-order chi connectivity index (χ1) is 6.33. The summed E-state index contributed by atoms with van der Waals surface area (Å²) in [6.07, 6.45) is 2.52. The Hall–Kier alpha value is -0.340. The zero-order valence-electron chi connectivity index (χ0n) is 8.02. The van der Waals surface area contributed by atoms with E-state index in [9.17, 15) is 0 Å². The van der Waals surface area contributed by atoms with Gasteiger partial charge in [-0.3, -0.25) is 0 Å². The third-order valence-corrected chi connectivity index (χ3v) is 2.48. The lowest BCUT2D eigenvalue weighted by molar-refractivity contribution is 0.641. The van der Waals surface area contributed by atoms with E-state index in [1.54, 1.807) is 0 Å². The summed E-state index contributed by atoms with van der Waals surface area (Å²) in [5.74, 6) is 0. The van der Waals surface area contributed by atoms with Crippen LogP contribution in [0.1, 0.15) is 25.3 Å². The average molecular weight is 242 g/mol. The Balaban J connectivity index is 2.25. The molecule has 1 aromatic carbocycles. The van der Waals surface area contributed by atoms with E-state index in [1.807, 2.05) is 0 Å². The number of nitrogens with one attached hydrogen (secondary N) is 1. The molecule has 0 saturated carbocycles. The summed E-state index contributed by atoms with van der Waals surface area (Å²) in [5.41, 5.74) is 1.35. The van der Waals surface area contributed by atoms with Gasteiger partial charge in [-0.05, 0) is 30.7 Å². The van der Waals surface area contributed by atoms with Crippen molar-refractivity contribution in [1.82, 2.24) is 5.32 Å². The van der Waals surface area contributed by atoms with Crippen LogP contribution in [0.25, 0.3) is 0 Å². The van der Waals surface area contributed by atoms with Gasteiger partial charge in [-0.2, -0.15) is 0 Å². The van der Waals surface area contributed by atoms with Gasteiger partial charge in [0.15, 0.2) is 0 Å². The molecule has 0 spiro atoms. The van der Waals surface area contributed by atoms with E-state index in [4.69, 9.17) is 0 Å². The quantitative estimate of drug-likeness (QED) is 0.781. The van der Waals surface area contributed by atoms with E-state index in [0.717, 1.165) is 17.6 Å². The van der Waals surface area contributed by atoms with Crippen LogP contribution >= 0.6 is 15.9 Å². The van der Waals surface area contributed by atoms with E-state index in [2.05, 4.69) is 52.4 Å². The Labute approximate surface area is 88.7 Å². The molecule has 0 fully saturated rings. The molecule has 1 aromatic rings. The fourth-order valence-electron chi connectivity index (χ4n) is 1.14. The SMILES string of the molecule is CCCCNCc1ccc(Br)cc1. The molecule has 1 nitrogen and oxygen atoms in total. The third kappa shape index (κ3) is 4.44. The van der Waals surface area contributed by atoms with E-state index in [-0.39, 0.29) is 0 Å². The van der Waals surface area contributed by atoms with Crippen LogP contribution in [-0.4, -0.2) is 6.54 Å². The molecule has 72 valence electrons. The molecule has 0 aliphatic rings. The number of halogens is 1. The van der Waals surface area contributed by atoms with Crippen LogP contribution in [0.15, 0.2) is 28.7 Å². The van der Waals surface area contributed by atoms with Crippen LogP contribution in [0.2, 0.25) is 0 Å². The molecule has 0 bridgehead atoms. The maximum Gasteiger partial charge on any atom is 0.0205 e. The summed E-state index contributed by atoms with van der Waals surface area (Å²) in [5, 5.41) is 3.41. The van der Waals surface area contributed by atoms with Gasteiger partial charge in [-0.15, -0.1) is 0 Å². The van der Waals surface area contributed by atoms with Crippen LogP contribution in [0, 0.1) is 0 Å². The molecule has 13 heavy (non-hydrogen) atoms. The average Bonchev–Trinajstić information content (AvgIpc) is 2.15. The van der Waals surface area contributed by atoms with Crippen molar-refractivity contribution < 1.29 is 0 Å². The highest BCUT2D eigenvalue weighted by molar-refractivity contribution is 9.10. The molecule has 0 aliphatic heterocycles. The Kier molecular flexibility index (Phi) is 5.09. The van der Waals surface area contributed by atoms with Crippen molar-refractivity contribution in [3.63, 3.8) is 0 Å². The van der Waals surface area contributed by atoms with Crippen molar-refractivity contribution >= 4 is 15.9 Å². The molecule has 1 N–H and O–H groups in total. The monoisotopic (exact) mass is 241 g/mol. The Morgan fingerprint density at radius 3 is 2.54 bits per heavy atom. The molecule has 1 rings (SSSR count). The van der Waals surface area contributed by atoms with Gasteiger partial charge in [0.25, 0.3) is 0 Å². The van der Waals surface area contributed by atoms with Crippen molar-refractivity contribution in [2.24, 2.45) is 0 Å². The van der Waals surface area contributed by atoms with Gasteiger partial charge < -0.3 is 5.32 Å². The first-order valence-electron chi connectivity index (χ1n) is 4.78. The Morgan fingerprint density at radius 1 is 1.23 bits per heavy atom. The van der Waals surface area contributed by atoms with E-state index < -0.39 is 0 Å². The molecular formula is C11H16BrN. The van der Waals surface area contributed by atoms with Gasteiger partial charge in [0.1, 0.15) is 0 Å². The zero-order valence-corrected chi connectivity index (χ0v) is 9.60. The van der Waals surface area contributed by atoms with Crippen molar-refractivity contribution in [1.29, 1.82) is 0 Å². The largest absolute Gasteiger partial charge is 0.313 e. The predicted octanol–water partition coefficient (Wildman–Crippen LogP) is 3.34. The fraction of sp³-hybridized carbons (Fsp3) is 0.455. The van der Waals surface area contributed by atoms with Crippen LogP contribution in [0.4, 0.5) is 0 Å². The summed E-state index contributed by atoms with van der Waals surface area (Å²) in [6.45, 7) is 4.31. The summed E-state index contributed by atoms with van der Waals surface area (Å²) in [7, 11) is 0. The highest BCUT2D eigenvalue weighted by atomic mass is 79.9. The molecule has 0 amide bonds. The number of rotatable bonds is 5. The standard InChI is InChI=1S/C11H16BrN/c1-2-3-8-13-9-10-4-6-11(12)7-5-10/h4-7,13H,2-3,8-9H2,1H3. The number of hydrogen-bond acceptors (Lipinski definition) is 1. The van der Waals surface area contributed by atoms with Crippen molar-refractivity contribution in [3.05, 3.63) is 34.3 Å². The fourth-order valence-corrected chi connectivity index (χ4v) is 1.40. The highest BCUT2D eigenvalue weighted by Crippen LogP contribution is 2.10. The highest BCUT2D eigenvalue weighted by Gasteiger charge is 1.91. The topological polar surface area (TPSA) is 12.0 Å².